The Bertz CT molecular complexity index is 2280. The standard InChI is InChI=1S/C38H33BrFN5O6/c1-48-34-21-28-31(22-35(34)50-17-3-14-44-15-18-49-19-16-44)41-13-11-32(28)51-33-10-7-25(20-30(33)40)43-38(47)29-23-45(26-8-5-24(39)6-9-26)37-27(36(29)46)4-2-12-42-37/h2,4-13,20-23H,3,14-19H2,1H3,(H,43,47). The number of carbonyl (C=O) groups excluding carboxylic acids is 1. The predicted molar refractivity (Wildman–Crippen MR) is 195 cm³/mol. The predicted octanol–water partition coefficient (Wildman–Crippen LogP) is 6.99. The number of rotatable bonds is 11. The molecule has 11 nitrogen and oxygen atoms in total. The lowest BCUT2D eigenvalue weighted by Crippen LogP contribution is -2.37. The van der Waals surface area contributed by atoms with Gasteiger partial charge in [0.25, 0.3) is 5.91 Å². The lowest BCUT2D eigenvalue weighted by Gasteiger charge is -2.26. The molecule has 7 rings (SSSR count). The normalized spacial score (nSPS) is 13.3. The first-order valence-corrected chi connectivity index (χ1v) is 17.1. The van der Waals surface area contributed by atoms with Gasteiger partial charge in [0.05, 0.1) is 37.8 Å². The number of hydrogen-bond donors (Lipinski definition) is 1. The fraction of sp³-hybridized carbons (Fsp3) is 0.211. The van der Waals surface area contributed by atoms with Gasteiger partial charge in [-0.1, -0.05) is 15.9 Å². The maximum absolute atomic E-state index is 15.5. The molecule has 0 unspecified atom stereocenters. The van der Waals surface area contributed by atoms with Crippen LogP contribution in [0.4, 0.5) is 10.1 Å². The smallest absolute Gasteiger partial charge is 0.261 e. The summed E-state index contributed by atoms with van der Waals surface area (Å²) in [7, 11) is 1.55. The molecule has 0 saturated carbocycles. The Hall–Kier alpha value is -5.37. The molecule has 3 aromatic carbocycles. The lowest BCUT2D eigenvalue weighted by molar-refractivity contribution is 0.0357. The van der Waals surface area contributed by atoms with E-state index in [0.29, 0.717) is 46.1 Å². The quantitative estimate of drug-likeness (QED) is 0.140. The highest BCUT2D eigenvalue weighted by atomic mass is 79.9. The molecule has 0 atom stereocenters. The summed E-state index contributed by atoms with van der Waals surface area (Å²) >= 11 is 3.43. The van der Waals surface area contributed by atoms with Gasteiger partial charge in [0.2, 0.25) is 5.43 Å². The van der Waals surface area contributed by atoms with Crippen molar-refractivity contribution in [1.82, 2.24) is 19.4 Å². The molecule has 0 spiro atoms. The number of ether oxygens (including phenoxy) is 4. The van der Waals surface area contributed by atoms with Gasteiger partial charge in [-0.3, -0.25) is 19.5 Å². The van der Waals surface area contributed by atoms with E-state index >= 15 is 4.39 Å². The summed E-state index contributed by atoms with van der Waals surface area (Å²) < 4.78 is 41.1. The second kappa shape index (κ2) is 15.3. The van der Waals surface area contributed by atoms with Crippen molar-refractivity contribution in [3.63, 3.8) is 0 Å². The summed E-state index contributed by atoms with van der Waals surface area (Å²) in [6.07, 6.45) is 5.43. The Morgan fingerprint density at radius 3 is 2.55 bits per heavy atom. The molecular weight excluding hydrogens is 721 g/mol. The molecule has 0 aliphatic carbocycles. The van der Waals surface area contributed by atoms with Crippen molar-refractivity contribution >= 4 is 49.5 Å². The Labute approximate surface area is 300 Å². The lowest BCUT2D eigenvalue weighted by atomic mass is 10.1. The number of carbonyl (C=O) groups is 1. The van der Waals surface area contributed by atoms with Crippen molar-refractivity contribution in [2.45, 2.75) is 6.42 Å². The zero-order valence-corrected chi connectivity index (χ0v) is 29.2. The van der Waals surface area contributed by atoms with E-state index in [1.165, 1.54) is 18.3 Å². The first-order chi connectivity index (χ1) is 24.9. The number of methoxy groups -OCH3 is 1. The minimum atomic E-state index is -0.722. The number of pyridine rings is 3. The molecule has 1 amide bonds. The van der Waals surface area contributed by atoms with E-state index < -0.39 is 17.2 Å². The molecular formula is C38H33BrFN5O6. The molecule has 1 aliphatic rings. The highest BCUT2D eigenvalue weighted by Crippen LogP contribution is 2.38. The van der Waals surface area contributed by atoms with Crippen molar-refractivity contribution < 1.29 is 28.1 Å². The third-order valence-corrected chi connectivity index (χ3v) is 9.02. The highest BCUT2D eigenvalue weighted by molar-refractivity contribution is 9.10. The van der Waals surface area contributed by atoms with E-state index in [4.69, 9.17) is 18.9 Å². The Morgan fingerprint density at radius 2 is 1.76 bits per heavy atom. The maximum Gasteiger partial charge on any atom is 0.261 e. The van der Waals surface area contributed by atoms with Crippen LogP contribution in [-0.4, -0.2) is 71.9 Å². The van der Waals surface area contributed by atoms with Crippen molar-refractivity contribution in [3.05, 3.63) is 117 Å². The number of nitrogens with zero attached hydrogens (tertiary/aromatic N) is 4. The number of aromatic nitrogens is 3. The van der Waals surface area contributed by atoms with Crippen LogP contribution in [-0.2, 0) is 4.74 Å². The molecule has 6 aromatic rings. The maximum atomic E-state index is 15.5. The molecule has 1 aliphatic heterocycles. The number of nitrogens with one attached hydrogen (secondary N) is 1. The van der Waals surface area contributed by atoms with Crippen molar-refractivity contribution in [1.29, 1.82) is 0 Å². The van der Waals surface area contributed by atoms with Crippen LogP contribution in [0.2, 0.25) is 0 Å². The average Bonchev–Trinajstić information content (AvgIpc) is 3.15. The third-order valence-electron chi connectivity index (χ3n) is 8.49. The number of amides is 1. The zero-order valence-electron chi connectivity index (χ0n) is 27.6. The summed E-state index contributed by atoms with van der Waals surface area (Å²) in [5.41, 5.74) is 1.21. The van der Waals surface area contributed by atoms with Crippen LogP contribution < -0.4 is 25.0 Å². The van der Waals surface area contributed by atoms with Gasteiger partial charge in [-0.2, -0.15) is 0 Å². The number of morpholine rings is 1. The van der Waals surface area contributed by atoms with Crippen molar-refractivity contribution in [2.75, 3.05) is 51.9 Å². The minimum Gasteiger partial charge on any atom is -0.493 e. The van der Waals surface area contributed by atoms with Crippen LogP contribution >= 0.6 is 15.9 Å². The van der Waals surface area contributed by atoms with Gasteiger partial charge in [0.15, 0.2) is 23.1 Å². The molecule has 0 radical (unpaired) electrons. The summed E-state index contributed by atoms with van der Waals surface area (Å²) in [6, 6.07) is 19.8. The van der Waals surface area contributed by atoms with Crippen LogP contribution in [0.25, 0.3) is 27.6 Å². The largest absolute Gasteiger partial charge is 0.493 e. The van der Waals surface area contributed by atoms with E-state index in [-0.39, 0.29) is 22.4 Å². The van der Waals surface area contributed by atoms with Gasteiger partial charge in [0.1, 0.15) is 17.0 Å². The van der Waals surface area contributed by atoms with Crippen molar-refractivity contribution in [2.24, 2.45) is 0 Å². The number of benzene rings is 3. The first kappa shape index (κ1) is 34.1. The molecule has 13 heteroatoms. The fourth-order valence-electron chi connectivity index (χ4n) is 5.88. The van der Waals surface area contributed by atoms with Crippen LogP contribution in [0.5, 0.6) is 23.0 Å². The van der Waals surface area contributed by atoms with E-state index in [2.05, 4.69) is 36.1 Å². The highest BCUT2D eigenvalue weighted by Gasteiger charge is 2.19. The van der Waals surface area contributed by atoms with Crippen molar-refractivity contribution in [3.8, 4) is 28.7 Å². The van der Waals surface area contributed by atoms with Gasteiger partial charge in [-0.25, -0.2) is 9.37 Å². The molecule has 3 aromatic heterocycles. The van der Waals surface area contributed by atoms with E-state index in [1.807, 2.05) is 24.3 Å². The Kier molecular flexibility index (Phi) is 10.2. The minimum absolute atomic E-state index is 0.0720. The Morgan fingerprint density at radius 1 is 0.941 bits per heavy atom. The van der Waals surface area contributed by atoms with Crippen LogP contribution in [0.15, 0.2) is 101 Å². The molecule has 4 heterocycles. The van der Waals surface area contributed by atoms with Gasteiger partial charge < -0.3 is 28.8 Å². The monoisotopic (exact) mass is 753 g/mol. The Balaban J connectivity index is 1.08. The van der Waals surface area contributed by atoms with Gasteiger partial charge >= 0.3 is 0 Å². The number of hydrogen-bond acceptors (Lipinski definition) is 9. The van der Waals surface area contributed by atoms with E-state index in [9.17, 15) is 9.59 Å². The molecule has 1 saturated heterocycles. The number of halogens is 2. The topological polar surface area (TPSA) is 117 Å². The molecule has 51 heavy (non-hydrogen) atoms. The number of anilines is 1. The summed E-state index contributed by atoms with van der Waals surface area (Å²) in [5.74, 6) is -0.0949. The summed E-state index contributed by atoms with van der Waals surface area (Å²) in [4.78, 5) is 38.0. The summed E-state index contributed by atoms with van der Waals surface area (Å²) in [6.45, 7) is 4.76. The average molecular weight is 755 g/mol. The second-order valence-corrected chi connectivity index (χ2v) is 12.7. The van der Waals surface area contributed by atoms with Crippen LogP contribution in [0.3, 0.4) is 0 Å². The van der Waals surface area contributed by atoms with Gasteiger partial charge in [0, 0.05) is 71.6 Å². The molecule has 260 valence electrons. The second-order valence-electron chi connectivity index (χ2n) is 11.8. The zero-order chi connectivity index (χ0) is 35.3. The first-order valence-electron chi connectivity index (χ1n) is 16.3. The SMILES string of the molecule is COc1cc2c(Oc3ccc(NC(=O)c4cn(-c5ccc(Br)cc5)c5ncccc5c4=O)cc3F)ccnc2cc1OCCCN1CCOCC1. The summed E-state index contributed by atoms with van der Waals surface area (Å²) in [5, 5.41) is 3.52. The third kappa shape index (κ3) is 7.55. The van der Waals surface area contributed by atoms with E-state index in [1.54, 1.807) is 54.4 Å². The van der Waals surface area contributed by atoms with Crippen LogP contribution in [0.1, 0.15) is 16.8 Å². The fourth-order valence-corrected chi connectivity index (χ4v) is 6.15. The van der Waals surface area contributed by atoms with Crippen LogP contribution in [0, 0.1) is 5.82 Å². The van der Waals surface area contributed by atoms with Gasteiger partial charge in [-0.05, 0) is 67.1 Å². The van der Waals surface area contributed by atoms with Gasteiger partial charge in [-0.15, -0.1) is 0 Å². The molecule has 1 N–H and O–H groups in total. The molecule has 1 fully saturated rings. The molecule has 0 bridgehead atoms. The number of fused-ring (bicyclic) bond motifs is 2. The van der Waals surface area contributed by atoms with E-state index in [0.717, 1.165) is 49.8 Å².